The summed E-state index contributed by atoms with van der Waals surface area (Å²) in [6.07, 6.45) is 3.07. The third kappa shape index (κ3) is 6.67. The second-order valence-corrected chi connectivity index (χ2v) is 9.70. The monoisotopic (exact) mass is 622 g/mol. The molecule has 0 atom stereocenters. The molecule has 1 fully saturated rings. The van der Waals surface area contributed by atoms with Crippen LogP contribution in [-0.4, -0.2) is 42.6 Å². The second kappa shape index (κ2) is 12.9. The van der Waals surface area contributed by atoms with Crippen molar-refractivity contribution in [2.45, 2.75) is 40.2 Å². The largest absolute Gasteiger partial charge is 0.492 e. The van der Waals surface area contributed by atoms with E-state index in [1.807, 2.05) is 26.8 Å². The summed E-state index contributed by atoms with van der Waals surface area (Å²) in [5, 5.41) is 2.26. The second-order valence-electron chi connectivity index (χ2n) is 7.93. The zero-order chi connectivity index (χ0) is 26.2. The number of imide groups is 2. The van der Waals surface area contributed by atoms with Gasteiger partial charge in [-0.15, -0.1) is 0 Å². The minimum atomic E-state index is -0.788. The first-order valence-corrected chi connectivity index (χ1v) is 13.3. The van der Waals surface area contributed by atoms with Gasteiger partial charge in [-0.2, -0.15) is 0 Å². The van der Waals surface area contributed by atoms with Gasteiger partial charge < -0.3 is 14.2 Å². The van der Waals surface area contributed by atoms with Crippen LogP contribution < -0.4 is 19.5 Å². The van der Waals surface area contributed by atoms with Gasteiger partial charge in [-0.05, 0) is 71.6 Å². The lowest BCUT2D eigenvalue weighted by Gasteiger charge is -2.27. The summed E-state index contributed by atoms with van der Waals surface area (Å²) in [6.45, 7) is 7.23. The molecule has 1 aliphatic rings. The number of ether oxygens (including phenoxy) is 3. The molecule has 3 rings (SSSR count). The van der Waals surface area contributed by atoms with Gasteiger partial charge in [0.15, 0.2) is 11.5 Å². The van der Waals surface area contributed by atoms with Crippen molar-refractivity contribution >= 4 is 55.8 Å². The highest BCUT2D eigenvalue weighted by atomic mass is 79.9. The van der Waals surface area contributed by atoms with Crippen LogP contribution in [0.2, 0.25) is 0 Å². The number of hydrogen-bond acceptors (Lipinski definition) is 6. The van der Waals surface area contributed by atoms with E-state index >= 15 is 0 Å². The molecule has 1 saturated heterocycles. The molecule has 0 saturated carbocycles. The van der Waals surface area contributed by atoms with Crippen molar-refractivity contribution in [2.75, 3.05) is 19.8 Å². The van der Waals surface area contributed by atoms with Gasteiger partial charge in [0.25, 0.3) is 11.8 Å². The topological polar surface area (TPSA) is 94.2 Å². The third-order valence-corrected chi connectivity index (χ3v) is 6.13. The molecule has 4 amide bonds. The quantitative estimate of drug-likeness (QED) is 0.249. The SMILES string of the molecule is CCCOc1ccc(CN2C(=O)NC(=O)/C(=C\c3cc(Br)cc(Br)c3OCCC)C2=O)cc1OCC. The summed E-state index contributed by atoms with van der Waals surface area (Å²) < 4.78 is 18.7. The molecular formula is C26H28Br2N2O6. The zero-order valence-corrected chi connectivity index (χ0v) is 23.5. The van der Waals surface area contributed by atoms with Crippen molar-refractivity contribution < 1.29 is 28.6 Å². The lowest BCUT2D eigenvalue weighted by molar-refractivity contribution is -0.130. The molecule has 1 aliphatic heterocycles. The molecule has 8 nitrogen and oxygen atoms in total. The normalized spacial score (nSPS) is 14.8. The summed E-state index contributed by atoms with van der Waals surface area (Å²) in [4.78, 5) is 39.6. The number of benzene rings is 2. The van der Waals surface area contributed by atoms with Gasteiger partial charge in [0.1, 0.15) is 11.3 Å². The molecule has 10 heteroatoms. The molecule has 0 radical (unpaired) electrons. The Bertz CT molecular complexity index is 1180. The number of carbonyl (C=O) groups excluding carboxylic acids is 3. The number of urea groups is 1. The number of rotatable bonds is 11. The van der Waals surface area contributed by atoms with Gasteiger partial charge in [-0.3, -0.25) is 19.8 Å². The van der Waals surface area contributed by atoms with Gasteiger partial charge in [0.05, 0.1) is 30.8 Å². The molecular weight excluding hydrogens is 596 g/mol. The lowest BCUT2D eigenvalue weighted by Crippen LogP contribution is -2.53. The molecule has 192 valence electrons. The van der Waals surface area contributed by atoms with Crippen LogP contribution in [0.3, 0.4) is 0 Å². The van der Waals surface area contributed by atoms with E-state index in [0.29, 0.717) is 52.7 Å². The highest BCUT2D eigenvalue weighted by Crippen LogP contribution is 2.35. The molecule has 1 N–H and O–H groups in total. The number of amides is 4. The minimum Gasteiger partial charge on any atom is -0.492 e. The molecule has 36 heavy (non-hydrogen) atoms. The average Bonchev–Trinajstić information content (AvgIpc) is 2.83. The predicted octanol–water partition coefficient (Wildman–Crippen LogP) is 5.85. The Hall–Kier alpha value is -2.85. The Balaban J connectivity index is 1.93. The van der Waals surface area contributed by atoms with Crippen LogP contribution in [0.4, 0.5) is 4.79 Å². The maximum absolute atomic E-state index is 13.3. The lowest BCUT2D eigenvalue weighted by atomic mass is 10.1. The Morgan fingerprint density at radius 3 is 2.33 bits per heavy atom. The Morgan fingerprint density at radius 2 is 1.64 bits per heavy atom. The highest BCUT2D eigenvalue weighted by Gasteiger charge is 2.36. The van der Waals surface area contributed by atoms with Crippen molar-refractivity contribution in [1.82, 2.24) is 10.2 Å². The van der Waals surface area contributed by atoms with E-state index in [9.17, 15) is 14.4 Å². The van der Waals surface area contributed by atoms with Gasteiger partial charge >= 0.3 is 6.03 Å². The highest BCUT2D eigenvalue weighted by molar-refractivity contribution is 9.11. The maximum atomic E-state index is 13.3. The molecule has 0 aromatic heterocycles. The maximum Gasteiger partial charge on any atom is 0.331 e. The van der Waals surface area contributed by atoms with Crippen molar-refractivity contribution in [3.05, 3.63) is 56.0 Å². The number of nitrogens with zero attached hydrogens (tertiary/aromatic N) is 1. The fourth-order valence-corrected chi connectivity index (χ4v) is 4.84. The number of carbonyl (C=O) groups is 3. The van der Waals surface area contributed by atoms with E-state index in [1.165, 1.54) is 6.08 Å². The summed E-state index contributed by atoms with van der Waals surface area (Å²) in [6, 6.07) is 8.01. The molecule has 2 aromatic carbocycles. The summed E-state index contributed by atoms with van der Waals surface area (Å²) in [5.41, 5.74) is 0.999. The van der Waals surface area contributed by atoms with Gasteiger partial charge in [0.2, 0.25) is 0 Å². The Kier molecular flexibility index (Phi) is 9.95. The van der Waals surface area contributed by atoms with Gasteiger partial charge in [-0.25, -0.2) is 4.79 Å². The first-order valence-electron chi connectivity index (χ1n) is 11.7. The van der Waals surface area contributed by atoms with Crippen LogP contribution in [0.1, 0.15) is 44.7 Å². The third-order valence-electron chi connectivity index (χ3n) is 5.08. The van der Waals surface area contributed by atoms with Crippen molar-refractivity contribution in [2.24, 2.45) is 0 Å². The van der Waals surface area contributed by atoms with E-state index in [2.05, 4.69) is 37.2 Å². The first kappa shape index (κ1) is 27.7. The zero-order valence-electron chi connectivity index (χ0n) is 20.4. The molecule has 1 heterocycles. The van der Waals surface area contributed by atoms with Crippen LogP contribution in [0.15, 0.2) is 44.9 Å². The van der Waals surface area contributed by atoms with E-state index in [4.69, 9.17) is 14.2 Å². The number of halogens is 2. The fraction of sp³-hybridized carbons (Fsp3) is 0.346. The van der Waals surface area contributed by atoms with Crippen LogP contribution in [-0.2, 0) is 16.1 Å². The van der Waals surface area contributed by atoms with E-state index < -0.39 is 17.8 Å². The average molecular weight is 624 g/mol. The van der Waals surface area contributed by atoms with E-state index in [0.717, 1.165) is 22.2 Å². The van der Waals surface area contributed by atoms with Gasteiger partial charge in [-0.1, -0.05) is 35.8 Å². The Labute approximate surface area is 227 Å². The molecule has 0 aliphatic carbocycles. The van der Waals surface area contributed by atoms with Crippen LogP contribution in [0, 0.1) is 0 Å². The first-order chi connectivity index (χ1) is 17.3. The van der Waals surface area contributed by atoms with Crippen molar-refractivity contribution in [3.8, 4) is 17.2 Å². The van der Waals surface area contributed by atoms with Crippen LogP contribution >= 0.6 is 31.9 Å². The molecule has 0 unspecified atom stereocenters. The van der Waals surface area contributed by atoms with Crippen LogP contribution in [0.5, 0.6) is 17.2 Å². The van der Waals surface area contributed by atoms with Crippen molar-refractivity contribution in [3.63, 3.8) is 0 Å². The fourth-order valence-electron chi connectivity index (χ4n) is 3.47. The summed E-state index contributed by atoms with van der Waals surface area (Å²) >= 11 is 6.90. The molecule has 0 spiro atoms. The number of nitrogens with one attached hydrogen (secondary N) is 1. The van der Waals surface area contributed by atoms with Crippen molar-refractivity contribution in [1.29, 1.82) is 0 Å². The molecule has 2 aromatic rings. The van der Waals surface area contributed by atoms with E-state index in [-0.39, 0.29) is 12.1 Å². The van der Waals surface area contributed by atoms with Crippen LogP contribution in [0.25, 0.3) is 6.08 Å². The standard InChI is InChI=1S/C26H28Br2N2O6/c1-4-9-35-21-8-7-16(11-22(21)34-6-3)15-30-25(32)19(24(31)29-26(30)33)13-17-12-18(27)14-20(28)23(17)36-10-5-2/h7-8,11-14H,4-6,9-10,15H2,1-3H3,(H,29,31,33)/b19-13+. The van der Waals surface area contributed by atoms with Gasteiger partial charge in [0, 0.05) is 10.0 Å². The minimum absolute atomic E-state index is 0.0508. The Morgan fingerprint density at radius 1 is 0.917 bits per heavy atom. The smallest absolute Gasteiger partial charge is 0.331 e. The summed E-state index contributed by atoms with van der Waals surface area (Å²) in [5.74, 6) is 0.146. The predicted molar refractivity (Wildman–Crippen MR) is 143 cm³/mol. The summed E-state index contributed by atoms with van der Waals surface area (Å²) in [7, 11) is 0. The van der Waals surface area contributed by atoms with E-state index in [1.54, 1.807) is 24.3 Å². The number of hydrogen-bond donors (Lipinski definition) is 1. The molecule has 0 bridgehead atoms. The number of barbiturate groups is 1.